The minimum Gasteiger partial charge on any atom is -0.481 e. The Morgan fingerprint density at radius 1 is 1.30 bits per heavy atom. The lowest BCUT2D eigenvalue weighted by atomic mass is 10.0. The summed E-state index contributed by atoms with van der Waals surface area (Å²) in [6, 6.07) is 9.98. The standard InChI is InChI=1S/C14H13BrN2O3/c15-10-4-1-3-9(7-10)12(8-13(18)19)17-14(20)11-5-2-6-16-11/h1-7,12,16H,8H2,(H,17,20)(H,18,19)/t12-/m1/s1. The zero-order valence-corrected chi connectivity index (χ0v) is 12.1. The molecule has 0 unspecified atom stereocenters. The number of carboxylic acid groups (broad SMARTS) is 1. The molecule has 5 nitrogen and oxygen atoms in total. The van der Waals surface area contributed by atoms with E-state index in [1.54, 1.807) is 36.5 Å². The molecule has 1 amide bonds. The molecule has 0 saturated heterocycles. The molecule has 20 heavy (non-hydrogen) atoms. The van der Waals surface area contributed by atoms with Gasteiger partial charge in [0.1, 0.15) is 5.69 Å². The number of benzene rings is 1. The molecule has 0 fully saturated rings. The lowest BCUT2D eigenvalue weighted by Gasteiger charge is -2.17. The van der Waals surface area contributed by atoms with Gasteiger partial charge in [-0.25, -0.2) is 0 Å². The number of halogens is 1. The van der Waals surface area contributed by atoms with Gasteiger partial charge in [-0.1, -0.05) is 28.1 Å². The fourth-order valence-corrected chi connectivity index (χ4v) is 2.27. The summed E-state index contributed by atoms with van der Waals surface area (Å²) < 4.78 is 0.833. The number of hydrogen-bond acceptors (Lipinski definition) is 2. The van der Waals surface area contributed by atoms with E-state index in [9.17, 15) is 9.59 Å². The van der Waals surface area contributed by atoms with E-state index >= 15 is 0 Å². The topological polar surface area (TPSA) is 82.2 Å². The van der Waals surface area contributed by atoms with Crippen molar-refractivity contribution in [3.05, 3.63) is 58.3 Å². The lowest BCUT2D eigenvalue weighted by Crippen LogP contribution is -2.30. The third-order valence-corrected chi connectivity index (χ3v) is 3.27. The van der Waals surface area contributed by atoms with Crippen molar-refractivity contribution >= 4 is 27.8 Å². The summed E-state index contributed by atoms with van der Waals surface area (Å²) in [4.78, 5) is 25.8. The number of rotatable bonds is 5. The first-order valence-electron chi connectivity index (χ1n) is 5.98. The van der Waals surface area contributed by atoms with Gasteiger partial charge in [0.15, 0.2) is 0 Å². The Labute approximate surface area is 124 Å². The van der Waals surface area contributed by atoms with E-state index in [4.69, 9.17) is 5.11 Å². The van der Waals surface area contributed by atoms with Crippen molar-refractivity contribution in [2.75, 3.05) is 0 Å². The number of aromatic nitrogens is 1. The van der Waals surface area contributed by atoms with Crippen molar-refractivity contribution in [3.8, 4) is 0 Å². The first-order chi connectivity index (χ1) is 9.56. The predicted molar refractivity (Wildman–Crippen MR) is 77.4 cm³/mol. The number of carbonyl (C=O) groups is 2. The summed E-state index contributed by atoms with van der Waals surface area (Å²) >= 11 is 3.34. The molecule has 0 bridgehead atoms. The van der Waals surface area contributed by atoms with Crippen LogP contribution in [0.1, 0.15) is 28.5 Å². The number of aromatic amines is 1. The number of nitrogens with one attached hydrogen (secondary N) is 2. The smallest absolute Gasteiger partial charge is 0.305 e. The highest BCUT2D eigenvalue weighted by molar-refractivity contribution is 9.10. The maximum Gasteiger partial charge on any atom is 0.305 e. The molecular formula is C14H13BrN2O3. The molecule has 2 rings (SSSR count). The average molecular weight is 337 g/mol. The molecule has 104 valence electrons. The summed E-state index contributed by atoms with van der Waals surface area (Å²) in [5.74, 6) is -1.30. The fourth-order valence-electron chi connectivity index (χ4n) is 1.86. The SMILES string of the molecule is O=C(O)C[C@@H](NC(=O)c1ccc[nH]1)c1cccc(Br)c1. The van der Waals surface area contributed by atoms with E-state index in [0.29, 0.717) is 5.69 Å². The summed E-state index contributed by atoms with van der Waals surface area (Å²) in [5, 5.41) is 11.7. The van der Waals surface area contributed by atoms with Crippen LogP contribution in [0.25, 0.3) is 0 Å². The number of carbonyl (C=O) groups excluding carboxylic acids is 1. The van der Waals surface area contributed by atoms with Crippen molar-refractivity contribution < 1.29 is 14.7 Å². The van der Waals surface area contributed by atoms with Crippen LogP contribution in [0.5, 0.6) is 0 Å². The minimum absolute atomic E-state index is 0.178. The zero-order chi connectivity index (χ0) is 14.5. The Kier molecular flexibility index (Phi) is 4.57. The Hall–Kier alpha value is -2.08. The van der Waals surface area contributed by atoms with Gasteiger partial charge in [-0.3, -0.25) is 9.59 Å². The Balaban J connectivity index is 2.20. The molecule has 1 heterocycles. The van der Waals surface area contributed by atoms with Crippen molar-refractivity contribution in [2.45, 2.75) is 12.5 Å². The third-order valence-electron chi connectivity index (χ3n) is 2.78. The fraction of sp³-hybridized carbons (Fsp3) is 0.143. The summed E-state index contributed by atoms with van der Waals surface area (Å²) in [5.41, 5.74) is 1.14. The van der Waals surface area contributed by atoms with Crippen molar-refractivity contribution in [1.29, 1.82) is 0 Å². The maximum absolute atomic E-state index is 12.0. The zero-order valence-electron chi connectivity index (χ0n) is 10.5. The lowest BCUT2D eigenvalue weighted by molar-refractivity contribution is -0.137. The second kappa shape index (κ2) is 6.38. The van der Waals surface area contributed by atoms with Crippen molar-refractivity contribution in [1.82, 2.24) is 10.3 Å². The average Bonchev–Trinajstić information content (AvgIpc) is 2.91. The van der Waals surface area contributed by atoms with Crippen molar-refractivity contribution in [2.24, 2.45) is 0 Å². The first-order valence-corrected chi connectivity index (χ1v) is 6.77. The summed E-state index contributed by atoms with van der Waals surface area (Å²) in [6.45, 7) is 0. The predicted octanol–water partition coefficient (Wildman–Crippen LogP) is 2.72. The second-order valence-corrected chi connectivity index (χ2v) is 5.18. The van der Waals surface area contributed by atoms with Gasteiger partial charge in [0, 0.05) is 10.7 Å². The normalized spacial score (nSPS) is 11.8. The van der Waals surface area contributed by atoms with Crippen LogP contribution >= 0.6 is 15.9 Å². The largest absolute Gasteiger partial charge is 0.481 e. The summed E-state index contributed by atoms with van der Waals surface area (Å²) in [7, 11) is 0. The molecule has 1 aromatic carbocycles. The Bertz CT molecular complexity index is 611. The van der Waals surface area contributed by atoms with Crippen molar-refractivity contribution in [3.63, 3.8) is 0 Å². The molecule has 0 saturated carbocycles. The van der Waals surface area contributed by atoms with E-state index in [-0.39, 0.29) is 12.3 Å². The molecule has 3 N–H and O–H groups in total. The minimum atomic E-state index is -0.971. The molecule has 1 atom stereocenters. The third kappa shape index (κ3) is 3.71. The van der Waals surface area contributed by atoms with Gasteiger partial charge < -0.3 is 15.4 Å². The van der Waals surface area contributed by atoms with Gasteiger partial charge in [0.25, 0.3) is 5.91 Å². The molecular weight excluding hydrogens is 324 g/mol. The van der Waals surface area contributed by atoms with E-state index < -0.39 is 12.0 Å². The number of aliphatic carboxylic acids is 1. The van der Waals surface area contributed by atoms with E-state index in [1.807, 2.05) is 6.07 Å². The Morgan fingerprint density at radius 2 is 2.10 bits per heavy atom. The van der Waals surface area contributed by atoms with Crippen LogP contribution in [0.3, 0.4) is 0 Å². The van der Waals surface area contributed by atoms with Gasteiger partial charge in [-0.15, -0.1) is 0 Å². The first kappa shape index (κ1) is 14.3. The number of carboxylic acids is 1. The number of H-pyrrole nitrogens is 1. The molecule has 1 aromatic heterocycles. The summed E-state index contributed by atoms with van der Waals surface area (Å²) in [6.07, 6.45) is 1.46. The number of hydrogen-bond donors (Lipinski definition) is 3. The number of amides is 1. The molecule has 0 spiro atoms. The van der Waals surface area contributed by atoms with Gasteiger partial charge in [-0.05, 0) is 29.8 Å². The molecule has 0 aliphatic heterocycles. The molecule has 2 aromatic rings. The van der Waals surface area contributed by atoms with Crippen LogP contribution in [0.4, 0.5) is 0 Å². The maximum atomic E-state index is 12.0. The van der Waals surface area contributed by atoms with Gasteiger partial charge in [-0.2, -0.15) is 0 Å². The second-order valence-electron chi connectivity index (χ2n) is 4.26. The van der Waals surface area contributed by atoms with Crippen LogP contribution < -0.4 is 5.32 Å². The van der Waals surface area contributed by atoms with E-state index in [0.717, 1.165) is 10.0 Å². The van der Waals surface area contributed by atoms with Gasteiger partial charge in [0.05, 0.1) is 12.5 Å². The molecule has 0 aliphatic rings. The highest BCUT2D eigenvalue weighted by Gasteiger charge is 2.19. The monoisotopic (exact) mass is 336 g/mol. The molecule has 0 aliphatic carbocycles. The quantitative estimate of drug-likeness (QED) is 0.785. The van der Waals surface area contributed by atoms with Crippen LogP contribution in [-0.4, -0.2) is 22.0 Å². The Morgan fingerprint density at radius 3 is 2.70 bits per heavy atom. The molecule has 6 heteroatoms. The van der Waals surface area contributed by atoms with Gasteiger partial charge >= 0.3 is 5.97 Å². The van der Waals surface area contributed by atoms with E-state index in [1.165, 1.54) is 0 Å². The van der Waals surface area contributed by atoms with Gasteiger partial charge in [0.2, 0.25) is 0 Å². The highest BCUT2D eigenvalue weighted by atomic mass is 79.9. The van der Waals surface area contributed by atoms with Crippen LogP contribution in [-0.2, 0) is 4.79 Å². The van der Waals surface area contributed by atoms with Crippen LogP contribution in [0, 0.1) is 0 Å². The molecule has 0 radical (unpaired) electrons. The van der Waals surface area contributed by atoms with Crippen LogP contribution in [0.2, 0.25) is 0 Å². The van der Waals surface area contributed by atoms with E-state index in [2.05, 4.69) is 26.2 Å². The van der Waals surface area contributed by atoms with Crippen LogP contribution in [0.15, 0.2) is 47.1 Å². The highest BCUT2D eigenvalue weighted by Crippen LogP contribution is 2.21.